The minimum atomic E-state index is -0.636. The van der Waals surface area contributed by atoms with E-state index in [0.29, 0.717) is 18.1 Å². The van der Waals surface area contributed by atoms with Crippen molar-refractivity contribution >= 4 is 17.6 Å². The van der Waals surface area contributed by atoms with Crippen molar-refractivity contribution in [3.8, 4) is 0 Å². The predicted octanol–water partition coefficient (Wildman–Crippen LogP) is 2.64. The van der Waals surface area contributed by atoms with Crippen molar-refractivity contribution in [2.45, 2.75) is 52.1 Å². The van der Waals surface area contributed by atoms with E-state index in [-0.39, 0.29) is 5.97 Å². The zero-order chi connectivity index (χ0) is 15.0. The molecule has 0 bridgehead atoms. The molecule has 1 atom stereocenters. The monoisotopic (exact) mass is 301 g/mol. The summed E-state index contributed by atoms with van der Waals surface area (Å²) in [6.45, 7) is 7.72. The number of carbonyl (C=O) groups excluding carboxylic acids is 1. The number of hydrogen-bond donors (Lipinski definition) is 1. The molecule has 0 aliphatic heterocycles. The number of halogens is 1. The number of nitrogens with one attached hydrogen (secondary N) is 1. The maximum absolute atomic E-state index is 12.1. The summed E-state index contributed by atoms with van der Waals surface area (Å²) in [5.74, 6) is -0.188. The van der Waals surface area contributed by atoms with Gasteiger partial charge in [0.1, 0.15) is 5.54 Å². The van der Waals surface area contributed by atoms with Crippen LogP contribution in [0.4, 0.5) is 0 Å². The van der Waals surface area contributed by atoms with Crippen molar-refractivity contribution in [3.05, 3.63) is 17.4 Å². The largest absolute Gasteiger partial charge is 0.465 e. The van der Waals surface area contributed by atoms with Crippen LogP contribution in [-0.4, -0.2) is 34.4 Å². The van der Waals surface area contributed by atoms with Gasteiger partial charge in [0.25, 0.3) is 0 Å². The summed E-state index contributed by atoms with van der Waals surface area (Å²) in [5.41, 5.74) is -0.636. The fourth-order valence-electron chi connectivity index (χ4n) is 2.01. The summed E-state index contributed by atoms with van der Waals surface area (Å²) in [6, 6.07) is 0. The van der Waals surface area contributed by atoms with Gasteiger partial charge in [-0.2, -0.15) is 5.10 Å². The smallest absolute Gasteiger partial charge is 0.326 e. The SMILES string of the molecule is CCCNC(C)(CCCn1cc(Cl)cn1)C(=O)OCC. The number of aromatic nitrogens is 2. The summed E-state index contributed by atoms with van der Waals surface area (Å²) in [7, 11) is 0. The first-order valence-electron chi connectivity index (χ1n) is 7.12. The van der Waals surface area contributed by atoms with Gasteiger partial charge in [-0.15, -0.1) is 0 Å². The van der Waals surface area contributed by atoms with Gasteiger partial charge in [-0.1, -0.05) is 18.5 Å². The molecule has 0 amide bonds. The standard InChI is InChI=1S/C14H24ClN3O2/c1-4-8-16-14(3,13(19)20-5-2)7-6-9-18-11-12(15)10-17-18/h10-11,16H,4-9H2,1-3H3. The summed E-state index contributed by atoms with van der Waals surface area (Å²) in [6.07, 6.45) is 5.89. The first-order chi connectivity index (χ1) is 9.51. The van der Waals surface area contributed by atoms with Gasteiger partial charge in [-0.3, -0.25) is 9.48 Å². The molecule has 0 aliphatic rings. The summed E-state index contributed by atoms with van der Waals surface area (Å²) >= 11 is 5.82. The van der Waals surface area contributed by atoms with Gasteiger partial charge in [0.2, 0.25) is 0 Å². The zero-order valence-electron chi connectivity index (χ0n) is 12.5. The van der Waals surface area contributed by atoms with Crippen LogP contribution in [-0.2, 0) is 16.1 Å². The first kappa shape index (κ1) is 17.0. The Morgan fingerprint density at radius 1 is 1.55 bits per heavy atom. The number of carbonyl (C=O) groups is 1. The Labute approximate surface area is 125 Å². The van der Waals surface area contributed by atoms with Crippen LogP contribution in [0.3, 0.4) is 0 Å². The van der Waals surface area contributed by atoms with Crippen LogP contribution >= 0.6 is 11.6 Å². The van der Waals surface area contributed by atoms with E-state index in [1.54, 1.807) is 17.1 Å². The second-order valence-electron chi connectivity index (χ2n) is 5.00. The predicted molar refractivity (Wildman–Crippen MR) is 79.8 cm³/mol. The van der Waals surface area contributed by atoms with E-state index < -0.39 is 5.54 Å². The van der Waals surface area contributed by atoms with E-state index in [0.717, 1.165) is 25.9 Å². The van der Waals surface area contributed by atoms with Gasteiger partial charge < -0.3 is 10.1 Å². The van der Waals surface area contributed by atoms with Gasteiger partial charge in [0, 0.05) is 12.7 Å². The molecule has 0 aliphatic carbocycles. The lowest BCUT2D eigenvalue weighted by Gasteiger charge is -2.28. The molecule has 0 aromatic carbocycles. The molecule has 1 unspecified atom stereocenters. The molecule has 1 aromatic heterocycles. The van der Waals surface area contributed by atoms with E-state index in [1.165, 1.54) is 0 Å². The topological polar surface area (TPSA) is 56.2 Å². The molecule has 0 radical (unpaired) electrons. The van der Waals surface area contributed by atoms with Gasteiger partial charge in [0.15, 0.2) is 0 Å². The second-order valence-corrected chi connectivity index (χ2v) is 5.44. The van der Waals surface area contributed by atoms with E-state index in [4.69, 9.17) is 16.3 Å². The normalized spacial score (nSPS) is 14.0. The van der Waals surface area contributed by atoms with Crippen LogP contribution in [0.15, 0.2) is 12.4 Å². The Kier molecular flexibility index (Phi) is 7.02. The maximum Gasteiger partial charge on any atom is 0.326 e. The third-order valence-corrected chi connectivity index (χ3v) is 3.35. The Morgan fingerprint density at radius 3 is 2.85 bits per heavy atom. The lowest BCUT2D eigenvalue weighted by atomic mass is 9.95. The number of aryl methyl sites for hydroxylation is 1. The minimum Gasteiger partial charge on any atom is -0.465 e. The molecule has 1 heterocycles. The van der Waals surface area contributed by atoms with Crippen molar-refractivity contribution in [1.29, 1.82) is 0 Å². The van der Waals surface area contributed by atoms with E-state index in [9.17, 15) is 4.79 Å². The van der Waals surface area contributed by atoms with Crippen molar-refractivity contribution in [2.24, 2.45) is 0 Å². The Balaban J connectivity index is 2.53. The summed E-state index contributed by atoms with van der Waals surface area (Å²) in [4.78, 5) is 12.1. The molecule has 0 saturated heterocycles. The fourth-order valence-corrected chi connectivity index (χ4v) is 2.17. The third kappa shape index (κ3) is 5.13. The van der Waals surface area contributed by atoms with Crippen LogP contribution in [0, 0.1) is 0 Å². The number of hydrogen-bond acceptors (Lipinski definition) is 4. The summed E-state index contributed by atoms with van der Waals surface area (Å²) in [5, 5.41) is 8.05. The van der Waals surface area contributed by atoms with Crippen molar-refractivity contribution in [1.82, 2.24) is 15.1 Å². The molecule has 1 aromatic rings. The fraction of sp³-hybridized carbons (Fsp3) is 0.714. The lowest BCUT2D eigenvalue weighted by molar-refractivity contribution is -0.150. The van der Waals surface area contributed by atoms with Gasteiger partial charge in [-0.05, 0) is 39.7 Å². The number of rotatable bonds is 9. The first-order valence-corrected chi connectivity index (χ1v) is 7.50. The maximum atomic E-state index is 12.1. The highest BCUT2D eigenvalue weighted by Gasteiger charge is 2.33. The highest BCUT2D eigenvalue weighted by Crippen LogP contribution is 2.16. The van der Waals surface area contributed by atoms with Crippen molar-refractivity contribution < 1.29 is 9.53 Å². The zero-order valence-corrected chi connectivity index (χ0v) is 13.2. The van der Waals surface area contributed by atoms with Crippen molar-refractivity contribution in [3.63, 3.8) is 0 Å². The number of ether oxygens (including phenoxy) is 1. The van der Waals surface area contributed by atoms with Gasteiger partial charge in [-0.25, -0.2) is 0 Å². The van der Waals surface area contributed by atoms with Crippen molar-refractivity contribution in [2.75, 3.05) is 13.2 Å². The van der Waals surface area contributed by atoms with Crippen LogP contribution in [0.1, 0.15) is 40.0 Å². The Morgan fingerprint density at radius 2 is 2.30 bits per heavy atom. The second kappa shape index (κ2) is 8.27. The molecule has 0 saturated carbocycles. The average molecular weight is 302 g/mol. The number of nitrogens with zero attached hydrogens (tertiary/aromatic N) is 2. The average Bonchev–Trinajstić information content (AvgIpc) is 2.82. The molecule has 114 valence electrons. The van der Waals surface area contributed by atoms with Crippen LogP contribution in [0.5, 0.6) is 0 Å². The Hall–Kier alpha value is -1.07. The van der Waals surface area contributed by atoms with Crippen LogP contribution in [0.2, 0.25) is 5.02 Å². The molecule has 1 rings (SSSR count). The molecule has 1 N–H and O–H groups in total. The van der Waals surface area contributed by atoms with Gasteiger partial charge in [0.05, 0.1) is 17.8 Å². The van der Waals surface area contributed by atoms with Crippen LogP contribution in [0.25, 0.3) is 0 Å². The van der Waals surface area contributed by atoms with E-state index in [1.807, 2.05) is 13.8 Å². The molecule has 20 heavy (non-hydrogen) atoms. The third-order valence-electron chi connectivity index (χ3n) is 3.16. The summed E-state index contributed by atoms with van der Waals surface area (Å²) < 4.78 is 6.95. The highest BCUT2D eigenvalue weighted by atomic mass is 35.5. The molecule has 6 heteroatoms. The molecular formula is C14H24ClN3O2. The number of esters is 1. The quantitative estimate of drug-likeness (QED) is 0.712. The minimum absolute atomic E-state index is 0.188. The van der Waals surface area contributed by atoms with E-state index >= 15 is 0 Å². The molecule has 5 nitrogen and oxygen atoms in total. The van der Waals surface area contributed by atoms with Gasteiger partial charge >= 0.3 is 5.97 Å². The molecule has 0 spiro atoms. The lowest BCUT2D eigenvalue weighted by Crippen LogP contribution is -2.50. The van der Waals surface area contributed by atoms with Crippen LogP contribution < -0.4 is 5.32 Å². The highest BCUT2D eigenvalue weighted by molar-refractivity contribution is 6.30. The molecular weight excluding hydrogens is 278 g/mol. The van der Waals surface area contributed by atoms with E-state index in [2.05, 4.69) is 17.3 Å². The molecule has 0 fully saturated rings. The Bertz CT molecular complexity index is 422.